The first kappa shape index (κ1) is 13.1. The van der Waals surface area contributed by atoms with Crippen LogP contribution < -0.4 is 5.73 Å². The lowest BCUT2D eigenvalue weighted by molar-refractivity contribution is -0.136. The Morgan fingerprint density at radius 2 is 2.25 bits per heavy atom. The maximum Gasteiger partial charge on any atom is 0.243 e. The van der Waals surface area contributed by atoms with E-state index in [1.807, 2.05) is 6.92 Å². The molecule has 0 radical (unpaired) electrons. The van der Waals surface area contributed by atoms with Gasteiger partial charge in [0.25, 0.3) is 0 Å². The van der Waals surface area contributed by atoms with Gasteiger partial charge in [0.1, 0.15) is 0 Å². The van der Waals surface area contributed by atoms with E-state index in [0.717, 1.165) is 13.0 Å². The molecule has 0 saturated heterocycles. The number of rotatable bonds is 6. The third-order valence-corrected chi connectivity index (χ3v) is 3.00. The number of terminal acetylenes is 1. The number of amides is 1. The topological polar surface area (TPSA) is 46.3 Å². The van der Waals surface area contributed by atoms with E-state index in [-0.39, 0.29) is 5.91 Å². The molecule has 2 N–H and O–H groups in total. The predicted octanol–water partition coefficient (Wildman–Crippen LogP) is 1.38. The number of carbonyl (C=O) groups excluding carboxylic acids is 1. The average molecular weight is 222 g/mol. The van der Waals surface area contributed by atoms with E-state index in [1.54, 1.807) is 11.8 Å². The van der Waals surface area contributed by atoms with Crippen LogP contribution in [0.3, 0.4) is 0 Å². The van der Waals surface area contributed by atoms with Crippen molar-refractivity contribution in [2.24, 2.45) is 11.7 Å². The highest BCUT2D eigenvalue weighted by Crippen LogP contribution is 2.30. The van der Waals surface area contributed by atoms with Crippen molar-refractivity contribution in [2.75, 3.05) is 13.1 Å². The molecule has 0 aromatic heterocycles. The fraction of sp³-hybridized carbons (Fsp3) is 0.769. The Balaban J connectivity index is 2.61. The number of nitrogens with zero attached hydrogens (tertiary/aromatic N) is 1. The molecule has 1 unspecified atom stereocenters. The first-order valence-corrected chi connectivity index (χ1v) is 6.03. The Kier molecular flexibility index (Phi) is 4.37. The third-order valence-electron chi connectivity index (χ3n) is 3.00. The molecule has 0 aliphatic heterocycles. The highest BCUT2D eigenvalue weighted by molar-refractivity contribution is 5.85. The molecule has 0 aromatic carbocycles. The Morgan fingerprint density at radius 3 is 2.69 bits per heavy atom. The molecule has 1 aliphatic carbocycles. The summed E-state index contributed by atoms with van der Waals surface area (Å²) in [7, 11) is 0. The van der Waals surface area contributed by atoms with Crippen molar-refractivity contribution in [2.45, 2.75) is 45.1 Å². The second kappa shape index (κ2) is 5.36. The van der Waals surface area contributed by atoms with Gasteiger partial charge in [-0.15, -0.1) is 6.42 Å². The molecule has 1 saturated carbocycles. The lowest BCUT2D eigenvalue weighted by Crippen LogP contribution is -2.53. The number of carbonyl (C=O) groups is 1. The van der Waals surface area contributed by atoms with Crippen molar-refractivity contribution in [1.29, 1.82) is 0 Å². The van der Waals surface area contributed by atoms with Crippen molar-refractivity contribution in [1.82, 2.24) is 4.90 Å². The van der Waals surface area contributed by atoms with Gasteiger partial charge < -0.3 is 10.6 Å². The summed E-state index contributed by atoms with van der Waals surface area (Å²) in [6.07, 6.45) is 9.33. The largest absolute Gasteiger partial charge is 0.330 e. The number of hydrogen-bond acceptors (Lipinski definition) is 2. The van der Waals surface area contributed by atoms with Gasteiger partial charge >= 0.3 is 0 Å². The summed E-state index contributed by atoms with van der Waals surface area (Å²) in [6.45, 7) is 4.99. The third kappa shape index (κ3) is 3.53. The molecule has 0 heterocycles. The highest BCUT2D eigenvalue weighted by atomic mass is 16.2. The molecular weight excluding hydrogens is 200 g/mol. The minimum atomic E-state index is -0.763. The van der Waals surface area contributed by atoms with Crippen LogP contribution in [-0.4, -0.2) is 29.4 Å². The summed E-state index contributed by atoms with van der Waals surface area (Å²) >= 11 is 0. The highest BCUT2D eigenvalue weighted by Gasteiger charge is 2.34. The van der Waals surface area contributed by atoms with Crippen LogP contribution in [0.4, 0.5) is 0 Å². The van der Waals surface area contributed by atoms with Crippen molar-refractivity contribution >= 4 is 5.91 Å². The van der Waals surface area contributed by atoms with Gasteiger partial charge in [0.15, 0.2) is 0 Å². The van der Waals surface area contributed by atoms with E-state index < -0.39 is 5.54 Å². The standard InChI is InChI=1S/C13H22N2O/c1-4-8-13(3,14)12(16)15(9-5-2)10-11-6-7-11/h2,11H,4,6-10,14H2,1,3H3. The summed E-state index contributed by atoms with van der Waals surface area (Å²) in [5.41, 5.74) is 5.27. The molecule has 3 heteroatoms. The quantitative estimate of drug-likeness (QED) is 0.690. The molecule has 1 fully saturated rings. The van der Waals surface area contributed by atoms with E-state index in [1.165, 1.54) is 12.8 Å². The lowest BCUT2D eigenvalue weighted by atomic mass is 9.95. The van der Waals surface area contributed by atoms with E-state index in [9.17, 15) is 4.79 Å². The van der Waals surface area contributed by atoms with Crippen LogP contribution in [0.5, 0.6) is 0 Å². The van der Waals surface area contributed by atoms with Gasteiger partial charge in [-0.05, 0) is 32.1 Å². The lowest BCUT2D eigenvalue weighted by Gasteiger charge is -2.30. The second-order valence-electron chi connectivity index (χ2n) is 5.00. The molecular formula is C13H22N2O. The van der Waals surface area contributed by atoms with E-state index in [0.29, 0.717) is 18.9 Å². The predicted molar refractivity (Wildman–Crippen MR) is 65.6 cm³/mol. The average Bonchev–Trinajstić information content (AvgIpc) is 3.00. The molecule has 1 rings (SSSR count). The van der Waals surface area contributed by atoms with E-state index in [2.05, 4.69) is 5.92 Å². The van der Waals surface area contributed by atoms with Crippen molar-refractivity contribution in [3.8, 4) is 12.3 Å². The summed E-state index contributed by atoms with van der Waals surface area (Å²) in [5, 5.41) is 0. The summed E-state index contributed by atoms with van der Waals surface area (Å²) in [6, 6.07) is 0. The Labute approximate surface area is 98.4 Å². The Morgan fingerprint density at radius 1 is 1.62 bits per heavy atom. The Bertz CT molecular complexity index is 287. The van der Waals surface area contributed by atoms with Crippen molar-refractivity contribution in [3.63, 3.8) is 0 Å². The fourth-order valence-electron chi connectivity index (χ4n) is 1.93. The molecule has 1 atom stereocenters. The number of nitrogens with two attached hydrogens (primary N) is 1. The maximum atomic E-state index is 12.2. The van der Waals surface area contributed by atoms with Crippen molar-refractivity contribution < 1.29 is 4.79 Å². The molecule has 1 aliphatic rings. The van der Waals surface area contributed by atoms with Crippen LogP contribution in [-0.2, 0) is 4.79 Å². The smallest absolute Gasteiger partial charge is 0.243 e. The molecule has 0 aromatic rings. The van der Waals surface area contributed by atoms with E-state index in [4.69, 9.17) is 12.2 Å². The van der Waals surface area contributed by atoms with Gasteiger partial charge in [-0.3, -0.25) is 4.79 Å². The van der Waals surface area contributed by atoms with Gasteiger partial charge in [0.2, 0.25) is 5.91 Å². The van der Waals surface area contributed by atoms with Crippen LogP contribution in [0.25, 0.3) is 0 Å². The first-order valence-electron chi connectivity index (χ1n) is 6.03. The first-order chi connectivity index (χ1) is 7.51. The summed E-state index contributed by atoms with van der Waals surface area (Å²) in [5.74, 6) is 3.19. The zero-order chi connectivity index (χ0) is 12.2. The van der Waals surface area contributed by atoms with Crippen LogP contribution in [0.1, 0.15) is 39.5 Å². The second-order valence-corrected chi connectivity index (χ2v) is 5.00. The van der Waals surface area contributed by atoms with Crippen LogP contribution in [0.2, 0.25) is 0 Å². The van der Waals surface area contributed by atoms with Crippen LogP contribution in [0.15, 0.2) is 0 Å². The van der Waals surface area contributed by atoms with Gasteiger partial charge in [0, 0.05) is 6.54 Å². The summed E-state index contributed by atoms with van der Waals surface area (Å²) < 4.78 is 0. The molecule has 16 heavy (non-hydrogen) atoms. The minimum Gasteiger partial charge on any atom is -0.330 e. The van der Waals surface area contributed by atoms with Crippen LogP contribution >= 0.6 is 0 Å². The van der Waals surface area contributed by atoms with Crippen LogP contribution in [0, 0.1) is 18.3 Å². The number of hydrogen-bond donors (Lipinski definition) is 1. The SMILES string of the molecule is C#CCN(CC1CC1)C(=O)C(C)(N)CCC. The molecule has 0 bridgehead atoms. The normalized spacial score (nSPS) is 18.6. The maximum absolute atomic E-state index is 12.2. The van der Waals surface area contributed by atoms with Crippen molar-refractivity contribution in [3.05, 3.63) is 0 Å². The molecule has 3 nitrogen and oxygen atoms in total. The van der Waals surface area contributed by atoms with Gasteiger partial charge in [-0.1, -0.05) is 19.3 Å². The molecule has 1 amide bonds. The monoisotopic (exact) mass is 222 g/mol. The van der Waals surface area contributed by atoms with Gasteiger partial charge in [-0.2, -0.15) is 0 Å². The molecule has 90 valence electrons. The zero-order valence-electron chi connectivity index (χ0n) is 10.3. The summed E-state index contributed by atoms with van der Waals surface area (Å²) in [4.78, 5) is 14.0. The molecule has 0 spiro atoms. The Hall–Kier alpha value is -1.01. The minimum absolute atomic E-state index is 0.000741. The zero-order valence-corrected chi connectivity index (χ0v) is 10.3. The fourth-order valence-corrected chi connectivity index (χ4v) is 1.93. The van der Waals surface area contributed by atoms with Gasteiger partial charge in [0.05, 0.1) is 12.1 Å². The van der Waals surface area contributed by atoms with E-state index >= 15 is 0 Å². The van der Waals surface area contributed by atoms with Gasteiger partial charge in [-0.25, -0.2) is 0 Å².